The number of fused-ring (bicyclic) bond motifs is 1. The fraction of sp³-hybridized carbons (Fsp3) is 0.250. The van der Waals surface area contributed by atoms with Crippen molar-refractivity contribution < 1.29 is 38.5 Å². The maximum absolute atomic E-state index is 11.8. The normalized spacial score (nSPS) is 14.9. The van der Waals surface area contributed by atoms with Crippen molar-refractivity contribution in [3.8, 4) is 67.5 Å². The van der Waals surface area contributed by atoms with Crippen molar-refractivity contribution in [2.24, 2.45) is 0 Å². The zero-order valence-corrected chi connectivity index (χ0v) is 38.1. The summed E-state index contributed by atoms with van der Waals surface area (Å²) < 4.78 is 75.8. The average molecular weight is 991 g/mol. The van der Waals surface area contributed by atoms with Crippen LogP contribution in [-0.2, 0) is 37.3 Å². The number of imidazole rings is 1. The molecule has 0 aliphatic rings. The van der Waals surface area contributed by atoms with Crippen molar-refractivity contribution in [3.05, 3.63) is 167 Å². The van der Waals surface area contributed by atoms with E-state index in [0.29, 0.717) is 39.3 Å². The maximum Gasteiger partial charge on any atom is 0.148 e. The molecular formula is C56H56N3OPt-. The van der Waals surface area contributed by atoms with Crippen LogP contribution in [-0.4, -0.2) is 19.6 Å². The quantitative estimate of drug-likeness (QED) is 0.169. The summed E-state index contributed by atoms with van der Waals surface area (Å²) in [6, 6.07) is 44.3. The van der Waals surface area contributed by atoms with E-state index >= 15 is 0 Å². The van der Waals surface area contributed by atoms with Gasteiger partial charge in [0, 0.05) is 51.0 Å². The molecule has 0 saturated heterocycles. The largest absolute Gasteiger partial charge is 0.507 e. The van der Waals surface area contributed by atoms with Crippen LogP contribution in [0.2, 0.25) is 0 Å². The molecule has 0 unspecified atom stereocenters. The van der Waals surface area contributed by atoms with Gasteiger partial charge in [-0.2, -0.15) is 0 Å². The molecular weight excluding hydrogens is 926 g/mol. The molecule has 0 spiro atoms. The van der Waals surface area contributed by atoms with E-state index in [9.17, 15) is 5.11 Å². The van der Waals surface area contributed by atoms with Crippen molar-refractivity contribution in [2.45, 2.75) is 92.2 Å². The van der Waals surface area contributed by atoms with Gasteiger partial charge in [0.2, 0.25) is 0 Å². The Morgan fingerprint density at radius 1 is 0.590 bits per heavy atom. The molecule has 0 fully saturated rings. The Morgan fingerprint density at radius 3 is 1.95 bits per heavy atom. The van der Waals surface area contributed by atoms with E-state index in [-0.39, 0.29) is 43.2 Å². The molecule has 0 radical (unpaired) electrons. The summed E-state index contributed by atoms with van der Waals surface area (Å²) in [6.45, 7) is 6.85. The number of aromatic hydroxyl groups is 1. The molecule has 4 nitrogen and oxygen atoms in total. The molecule has 0 aliphatic heterocycles. The molecule has 1 N–H and O–H groups in total. The van der Waals surface area contributed by atoms with Gasteiger partial charge in [0.15, 0.2) is 0 Å². The molecule has 0 saturated carbocycles. The number of nitrogens with zero attached hydrogens (tertiary/aromatic N) is 3. The van der Waals surface area contributed by atoms with E-state index in [1.807, 2.05) is 62.4 Å². The molecule has 2 aromatic heterocycles. The molecule has 61 heavy (non-hydrogen) atoms. The van der Waals surface area contributed by atoms with Crippen LogP contribution in [0.5, 0.6) is 5.75 Å². The first-order valence-corrected chi connectivity index (χ1v) is 20.3. The van der Waals surface area contributed by atoms with Gasteiger partial charge in [-0.3, -0.25) is 9.55 Å². The average Bonchev–Trinajstić information content (AvgIpc) is 3.66. The smallest absolute Gasteiger partial charge is 0.148 e. The number of phenols is 1. The number of aromatic nitrogens is 3. The van der Waals surface area contributed by atoms with Crippen LogP contribution in [0.3, 0.4) is 0 Å². The Kier molecular flexibility index (Phi) is 8.88. The Hall–Kier alpha value is -5.57. The molecule has 0 bridgehead atoms. The second-order valence-electron chi connectivity index (χ2n) is 18.0. The minimum atomic E-state index is -3.37. The number of pyridine rings is 1. The van der Waals surface area contributed by atoms with E-state index in [1.54, 1.807) is 24.4 Å². The second kappa shape index (κ2) is 16.4. The number of phenolic OH excluding ortho intramolecular Hbond substituents is 1. The van der Waals surface area contributed by atoms with Crippen LogP contribution in [0.1, 0.15) is 102 Å². The van der Waals surface area contributed by atoms with Crippen molar-refractivity contribution in [3.63, 3.8) is 0 Å². The zero-order chi connectivity index (χ0) is 50.2. The van der Waals surface area contributed by atoms with Gasteiger partial charge in [0.25, 0.3) is 0 Å². The van der Waals surface area contributed by atoms with Crippen LogP contribution < -0.4 is 0 Å². The van der Waals surface area contributed by atoms with Crippen LogP contribution in [0.25, 0.3) is 72.7 Å². The van der Waals surface area contributed by atoms with Gasteiger partial charge in [0.05, 0.1) is 16.6 Å². The fourth-order valence-electron chi connectivity index (χ4n) is 7.82. The molecule has 8 rings (SSSR count). The third kappa shape index (κ3) is 8.79. The summed E-state index contributed by atoms with van der Waals surface area (Å²) in [6.07, 6.45) is 1.66. The standard InChI is InChI=1S/C56H56N3O.Pt/c1-35-26-36(2)52(60)48(27-35)53-58-51-47(18-15-19-50(51)59(53)46-32-40(37-16-13-12-14-17-37)29-45(34-46)56(9,10)11)41-28-42(31-44(30-41)55(6,7)8)49-33-39(24-25-57-49)38-20-22-43(23-21-38)54(3,4)5;/h12-27,29-34,60H,1-11H3;/q-1;/i3D3,4D3,5D3;. The van der Waals surface area contributed by atoms with E-state index < -0.39 is 26.0 Å². The number of para-hydroxylation sites is 1. The van der Waals surface area contributed by atoms with Crippen LogP contribution in [0, 0.1) is 19.9 Å². The molecule has 6 aromatic carbocycles. The fourth-order valence-corrected chi connectivity index (χ4v) is 7.82. The van der Waals surface area contributed by atoms with Gasteiger partial charge in [-0.1, -0.05) is 158 Å². The Labute approximate surface area is 389 Å². The molecule has 8 aromatic rings. The number of rotatable bonds is 6. The van der Waals surface area contributed by atoms with E-state index in [1.165, 1.54) is 12.1 Å². The minimum absolute atomic E-state index is 0. The number of aryl methyl sites for hydroxylation is 2. The summed E-state index contributed by atoms with van der Waals surface area (Å²) in [4.78, 5) is 10.2. The topological polar surface area (TPSA) is 50.9 Å². The van der Waals surface area contributed by atoms with Gasteiger partial charge in [-0.25, -0.2) is 4.98 Å². The maximum atomic E-state index is 11.8. The van der Waals surface area contributed by atoms with Gasteiger partial charge in [-0.05, 0) is 105 Å². The summed E-state index contributed by atoms with van der Waals surface area (Å²) in [5.41, 5.74) is 9.38. The first-order chi connectivity index (χ1) is 32.1. The van der Waals surface area contributed by atoms with Gasteiger partial charge in [-0.15, -0.1) is 29.3 Å². The third-order valence-corrected chi connectivity index (χ3v) is 11.2. The molecule has 0 atom stereocenters. The van der Waals surface area contributed by atoms with Crippen LogP contribution >= 0.6 is 0 Å². The van der Waals surface area contributed by atoms with Gasteiger partial charge < -0.3 is 5.11 Å². The Bertz CT molecular complexity index is 3200. The first-order valence-electron chi connectivity index (χ1n) is 24.8. The van der Waals surface area contributed by atoms with E-state index in [4.69, 9.17) is 22.3 Å². The SMILES string of the molecule is [2H]C([2H])([2H])C(c1ccc(-c2ccnc(-c3[c-]c(-c4cccc5c4nc(-c4cc(C)cc(C)c4O)n5-c4cc(-c5ccccc5)cc(C(C)(C)C)c4)cc(C(C)(C)C)c3)c2)cc1)(C([2H])([2H])[2H])C([2H])([2H])[2H].[Pt]. The number of hydrogen-bond acceptors (Lipinski definition) is 3. The molecule has 312 valence electrons. The molecule has 5 heteroatoms. The zero-order valence-electron chi connectivity index (χ0n) is 44.8. The van der Waals surface area contributed by atoms with Crippen LogP contribution in [0.4, 0.5) is 0 Å². The Balaban J connectivity index is 0.00000722. The molecule has 0 aliphatic carbocycles. The second-order valence-corrected chi connectivity index (χ2v) is 18.0. The molecule has 0 amide bonds. The first kappa shape index (κ1) is 33.1. The summed E-state index contributed by atoms with van der Waals surface area (Å²) >= 11 is 0. The summed E-state index contributed by atoms with van der Waals surface area (Å²) in [7, 11) is 0. The van der Waals surface area contributed by atoms with Crippen molar-refractivity contribution in [1.82, 2.24) is 14.5 Å². The Morgan fingerprint density at radius 2 is 1.26 bits per heavy atom. The van der Waals surface area contributed by atoms with Gasteiger partial charge >= 0.3 is 0 Å². The minimum Gasteiger partial charge on any atom is -0.507 e. The van der Waals surface area contributed by atoms with Gasteiger partial charge in [0.1, 0.15) is 11.6 Å². The number of benzene rings is 6. The van der Waals surface area contributed by atoms with Crippen LogP contribution in [0.15, 0.2) is 134 Å². The third-order valence-electron chi connectivity index (χ3n) is 11.2. The number of hydrogen-bond donors (Lipinski definition) is 1. The van der Waals surface area contributed by atoms with E-state index in [2.05, 4.69) is 101 Å². The predicted molar refractivity (Wildman–Crippen MR) is 252 cm³/mol. The van der Waals surface area contributed by atoms with Crippen molar-refractivity contribution in [2.75, 3.05) is 0 Å². The summed E-state index contributed by atoms with van der Waals surface area (Å²) in [5, 5.41) is 11.8. The predicted octanol–water partition coefficient (Wildman–Crippen LogP) is 14.8. The van der Waals surface area contributed by atoms with E-state index in [0.717, 1.165) is 55.7 Å². The summed E-state index contributed by atoms with van der Waals surface area (Å²) in [5.74, 6) is 0.748. The van der Waals surface area contributed by atoms with Crippen molar-refractivity contribution >= 4 is 11.0 Å². The molecule has 2 heterocycles. The monoisotopic (exact) mass is 990 g/mol. The van der Waals surface area contributed by atoms with Crippen molar-refractivity contribution in [1.29, 1.82) is 0 Å².